The van der Waals surface area contributed by atoms with Crippen LogP contribution in [0.3, 0.4) is 0 Å². The number of hydrogen-bond donors (Lipinski definition) is 1. The van der Waals surface area contributed by atoms with Gasteiger partial charge in [-0.3, -0.25) is 4.79 Å². The SMILES string of the molecule is CNCC1CCCN1C(=O)c1cn(-c2ccc(C)cc2)nn1. The Morgan fingerprint density at radius 1 is 1.36 bits per heavy atom. The van der Waals surface area contributed by atoms with Gasteiger partial charge in [-0.25, -0.2) is 4.68 Å². The monoisotopic (exact) mass is 299 g/mol. The Kier molecular flexibility index (Phi) is 4.20. The highest BCUT2D eigenvalue weighted by Crippen LogP contribution is 2.19. The van der Waals surface area contributed by atoms with Crippen molar-refractivity contribution in [2.24, 2.45) is 0 Å². The molecule has 0 aliphatic carbocycles. The maximum absolute atomic E-state index is 12.6. The van der Waals surface area contributed by atoms with Gasteiger partial charge in [-0.1, -0.05) is 22.9 Å². The van der Waals surface area contributed by atoms with Crippen LogP contribution in [0.2, 0.25) is 0 Å². The highest BCUT2D eigenvalue weighted by atomic mass is 16.2. The lowest BCUT2D eigenvalue weighted by molar-refractivity contribution is 0.0731. The summed E-state index contributed by atoms with van der Waals surface area (Å²) in [7, 11) is 1.91. The number of aromatic nitrogens is 3. The van der Waals surface area contributed by atoms with Gasteiger partial charge in [0.05, 0.1) is 11.9 Å². The van der Waals surface area contributed by atoms with E-state index in [-0.39, 0.29) is 11.9 Å². The number of carbonyl (C=O) groups is 1. The summed E-state index contributed by atoms with van der Waals surface area (Å²) >= 11 is 0. The highest BCUT2D eigenvalue weighted by molar-refractivity contribution is 5.92. The van der Waals surface area contributed by atoms with E-state index in [0.717, 1.165) is 31.6 Å². The Labute approximate surface area is 130 Å². The molecule has 116 valence electrons. The molecular weight excluding hydrogens is 278 g/mol. The van der Waals surface area contributed by atoms with Crippen molar-refractivity contribution in [3.05, 3.63) is 41.7 Å². The van der Waals surface area contributed by atoms with E-state index in [9.17, 15) is 4.79 Å². The quantitative estimate of drug-likeness (QED) is 0.927. The van der Waals surface area contributed by atoms with Gasteiger partial charge in [-0.2, -0.15) is 0 Å². The lowest BCUT2D eigenvalue weighted by Crippen LogP contribution is -2.41. The van der Waals surface area contributed by atoms with Crippen LogP contribution in [0.4, 0.5) is 0 Å². The molecule has 6 nitrogen and oxygen atoms in total. The van der Waals surface area contributed by atoms with E-state index >= 15 is 0 Å². The van der Waals surface area contributed by atoms with Gasteiger partial charge in [0.25, 0.3) is 5.91 Å². The van der Waals surface area contributed by atoms with E-state index in [2.05, 4.69) is 15.6 Å². The number of aryl methyl sites for hydroxylation is 1. The average Bonchev–Trinajstić information content (AvgIpc) is 3.17. The van der Waals surface area contributed by atoms with Crippen LogP contribution in [0.5, 0.6) is 0 Å². The molecule has 1 atom stereocenters. The van der Waals surface area contributed by atoms with Crippen LogP contribution in [0, 0.1) is 6.92 Å². The summed E-state index contributed by atoms with van der Waals surface area (Å²) in [5.74, 6) is -0.0314. The van der Waals surface area contributed by atoms with E-state index in [1.54, 1.807) is 10.9 Å². The molecule has 0 saturated carbocycles. The molecule has 3 rings (SSSR count). The number of likely N-dealkylation sites (tertiary alicyclic amines) is 1. The van der Waals surface area contributed by atoms with E-state index < -0.39 is 0 Å². The molecule has 0 spiro atoms. The summed E-state index contributed by atoms with van der Waals surface area (Å²) in [6, 6.07) is 8.22. The summed E-state index contributed by atoms with van der Waals surface area (Å²) in [4.78, 5) is 14.5. The van der Waals surface area contributed by atoms with Crippen molar-refractivity contribution in [2.45, 2.75) is 25.8 Å². The topological polar surface area (TPSA) is 63.1 Å². The van der Waals surface area contributed by atoms with Crippen molar-refractivity contribution in [3.63, 3.8) is 0 Å². The van der Waals surface area contributed by atoms with Crippen LogP contribution in [-0.4, -0.2) is 52.0 Å². The summed E-state index contributed by atoms with van der Waals surface area (Å²) in [6.45, 7) is 3.65. The lowest BCUT2D eigenvalue weighted by atomic mass is 10.2. The van der Waals surface area contributed by atoms with Crippen LogP contribution in [0.25, 0.3) is 5.69 Å². The predicted octanol–water partition coefficient (Wildman–Crippen LogP) is 1.40. The van der Waals surface area contributed by atoms with Crippen molar-refractivity contribution < 1.29 is 4.79 Å². The third kappa shape index (κ3) is 2.87. The molecule has 0 radical (unpaired) electrons. The van der Waals surface area contributed by atoms with E-state index in [4.69, 9.17) is 0 Å². The van der Waals surface area contributed by atoms with E-state index in [1.807, 2.05) is 43.1 Å². The van der Waals surface area contributed by atoms with Gasteiger partial charge in [0.2, 0.25) is 0 Å². The van der Waals surface area contributed by atoms with Gasteiger partial charge in [0.15, 0.2) is 5.69 Å². The molecular formula is C16H21N5O. The second-order valence-electron chi connectivity index (χ2n) is 5.74. The minimum absolute atomic E-state index is 0.0314. The van der Waals surface area contributed by atoms with Crippen LogP contribution in [0.1, 0.15) is 28.9 Å². The number of likely N-dealkylation sites (N-methyl/N-ethyl adjacent to an activating group) is 1. The molecule has 1 aromatic carbocycles. The van der Waals surface area contributed by atoms with Crippen LogP contribution >= 0.6 is 0 Å². The van der Waals surface area contributed by atoms with Gasteiger partial charge in [0.1, 0.15) is 0 Å². The smallest absolute Gasteiger partial charge is 0.276 e. The molecule has 1 aliphatic heterocycles. The van der Waals surface area contributed by atoms with E-state index in [1.165, 1.54) is 5.56 Å². The number of rotatable bonds is 4. The third-order valence-electron chi connectivity index (χ3n) is 4.09. The fraction of sp³-hybridized carbons (Fsp3) is 0.438. The first-order chi connectivity index (χ1) is 10.7. The largest absolute Gasteiger partial charge is 0.333 e. The van der Waals surface area contributed by atoms with Crippen molar-refractivity contribution >= 4 is 5.91 Å². The van der Waals surface area contributed by atoms with E-state index in [0.29, 0.717) is 5.69 Å². The molecule has 1 fully saturated rings. The van der Waals surface area contributed by atoms with Crippen LogP contribution in [0.15, 0.2) is 30.5 Å². The molecule has 2 heterocycles. The Bertz CT molecular complexity index is 649. The van der Waals surface area contributed by atoms with Gasteiger partial charge >= 0.3 is 0 Å². The number of benzene rings is 1. The van der Waals surface area contributed by atoms with Crippen molar-refractivity contribution in [1.82, 2.24) is 25.2 Å². The second kappa shape index (κ2) is 6.27. The molecule has 22 heavy (non-hydrogen) atoms. The van der Waals surface area contributed by atoms with Gasteiger partial charge < -0.3 is 10.2 Å². The standard InChI is InChI=1S/C16H21N5O/c1-12-5-7-13(8-6-12)21-11-15(18-19-21)16(22)20-9-3-4-14(20)10-17-2/h5-8,11,14,17H,3-4,9-10H2,1-2H3. The first-order valence-corrected chi connectivity index (χ1v) is 7.64. The van der Waals surface area contributed by atoms with Gasteiger partial charge in [0, 0.05) is 19.1 Å². The number of nitrogens with zero attached hydrogens (tertiary/aromatic N) is 4. The zero-order chi connectivity index (χ0) is 15.5. The van der Waals surface area contributed by atoms with Crippen molar-refractivity contribution in [3.8, 4) is 5.69 Å². The van der Waals surface area contributed by atoms with Crippen LogP contribution in [-0.2, 0) is 0 Å². The number of nitrogens with one attached hydrogen (secondary N) is 1. The zero-order valence-electron chi connectivity index (χ0n) is 13.0. The number of amides is 1. The first-order valence-electron chi connectivity index (χ1n) is 7.64. The maximum atomic E-state index is 12.6. The van der Waals surface area contributed by atoms with Crippen LogP contribution < -0.4 is 5.32 Å². The molecule has 1 amide bonds. The van der Waals surface area contributed by atoms with Gasteiger partial charge in [-0.15, -0.1) is 5.10 Å². The minimum Gasteiger partial charge on any atom is -0.333 e. The number of hydrogen-bond acceptors (Lipinski definition) is 4. The van der Waals surface area contributed by atoms with Crippen molar-refractivity contribution in [1.29, 1.82) is 0 Å². The predicted molar refractivity (Wildman–Crippen MR) is 84.1 cm³/mol. The lowest BCUT2D eigenvalue weighted by Gasteiger charge is -2.23. The number of carbonyl (C=O) groups excluding carboxylic acids is 1. The Balaban J connectivity index is 1.78. The summed E-state index contributed by atoms with van der Waals surface area (Å²) in [5, 5.41) is 11.3. The average molecular weight is 299 g/mol. The molecule has 0 bridgehead atoms. The molecule has 2 aromatic rings. The first kappa shape index (κ1) is 14.7. The fourth-order valence-electron chi connectivity index (χ4n) is 2.88. The van der Waals surface area contributed by atoms with Gasteiger partial charge in [-0.05, 0) is 38.9 Å². The maximum Gasteiger partial charge on any atom is 0.276 e. The Morgan fingerprint density at radius 2 is 2.14 bits per heavy atom. The minimum atomic E-state index is -0.0314. The molecule has 1 unspecified atom stereocenters. The fourth-order valence-corrected chi connectivity index (χ4v) is 2.88. The molecule has 1 N–H and O–H groups in total. The summed E-state index contributed by atoms with van der Waals surface area (Å²) in [5.41, 5.74) is 2.50. The molecule has 1 aromatic heterocycles. The molecule has 1 aliphatic rings. The second-order valence-corrected chi connectivity index (χ2v) is 5.74. The summed E-state index contributed by atoms with van der Waals surface area (Å²) in [6.07, 6.45) is 3.80. The summed E-state index contributed by atoms with van der Waals surface area (Å²) < 4.78 is 1.65. The zero-order valence-corrected chi connectivity index (χ0v) is 13.0. The Hall–Kier alpha value is -2.21. The molecule has 6 heteroatoms. The molecule has 1 saturated heterocycles. The highest BCUT2D eigenvalue weighted by Gasteiger charge is 2.30. The Morgan fingerprint density at radius 3 is 2.86 bits per heavy atom. The normalized spacial score (nSPS) is 17.9. The third-order valence-corrected chi connectivity index (χ3v) is 4.09. The van der Waals surface area contributed by atoms with Crippen molar-refractivity contribution in [2.75, 3.05) is 20.1 Å².